The van der Waals surface area contributed by atoms with Crippen LogP contribution in [0, 0.1) is 11.8 Å². The summed E-state index contributed by atoms with van der Waals surface area (Å²) < 4.78 is 11.9. The Balaban J connectivity index is 1.47. The number of para-hydroxylation sites is 1. The minimum absolute atomic E-state index is 0.0543. The molecular formula is C24H32N2O4. The summed E-state index contributed by atoms with van der Waals surface area (Å²) in [6.45, 7) is 3.37. The molecule has 0 bridgehead atoms. The predicted molar refractivity (Wildman–Crippen MR) is 117 cm³/mol. The average molecular weight is 413 g/mol. The van der Waals surface area contributed by atoms with Crippen LogP contribution >= 0.6 is 0 Å². The number of piperidine rings is 1. The normalized spacial score (nSPS) is 19.1. The number of amides is 1. The molecule has 2 aliphatic rings. The largest absolute Gasteiger partial charge is 0.489 e. The van der Waals surface area contributed by atoms with Crippen molar-refractivity contribution in [2.24, 2.45) is 11.8 Å². The Labute approximate surface area is 177 Å². The van der Waals surface area contributed by atoms with E-state index < -0.39 is 0 Å². The Morgan fingerprint density at radius 1 is 1.13 bits per heavy atom. The van der Waals surface area contributed by atoms with E-state index in [9.17, 15) is 9.59 Å². The van der Waals surface area contributed by atoms with Gasteiger partial charge in [-0.15, -0.1) is 0 Å². The Hall–Kier alpha value is -2.34. The van der Waals surface area contributed by atoms with Gasteiger partial charge in [0.05, 0.1) is 12.0 Å². The summed E-state index contributed by atoms with van der Waals surface area (Å²) in [5.41, 5.74) is 0.143. The molecule has 4 rings (SSSR count). The number of carbonyl (C=O) groups excluding carboxylic acids is 1. The van der Waals surface area contributed by atoms with Crippen LogP contribution in [0.2, 0.25) is 0 Å². The first kappa shape index (κ1) is 20.9. The van der Waals surface area contributed by atoms with Gasteiger partial charge in [-0.1, -0.05) is 25.3 Å². The zero-order valence-electron chi connectivity index (χ0n) is 17.8. The summed E-state index contributed by atoms with van der Waals surface area (Å²) >= 11 is 0. The molecule has 30 heavy (non-hydrogen) atoms. The van der Waals surface area contributed by atoms with Crippen LogP contribution in [0.5, 0.6) is 5.75 Å². The maximum atomic E-state index is 12.6. The number of likely N-dealkylation sites (tertiary alicyclic amines) is 1. The van der Waals surface area contributed by atoms with Crippen molar-refractivity contribution in [2.45, 2.75) is 44.9 Å². The van der Waals surface area contributed by atoms with Crippen molar-refractivity contribution in [3.8, 4) is 5.75 Å². The van der Waals surface area contributed by atoms with Gasteiger partial charge in [0, 0.05) is 12.6 Å². The average Bonchev–Trinajstić information content (AvgIpc) is 2.78. The van der Waals surface area contributed by atoms with Crippen molar-refractivity contribution in [3.05, 3.63) is 40.2 Å². The molecule has 0 atom stereocenters. The van der Waals surface area contributed by atoms with E-state index in [4.69, 9.17) is 9.15 Å². The van der Waals surface area contributed by atoms with Crippen LogP contribution in [0.4, 0.5) is 0 Å². The Kier molecular flexibility index (Phi) is 6.72. The van der Waals surface area contributed by atoms with Gasteiger partial charge in [0.2, 0.25) is 0 Å². The highest BCUT2D eigenvalue weighted by Crippen LogP contribution is 2.27. The van der Waals surface area contributed by atoms with Gasteiger partial charge in [0.15, 0.2) is 22.5 Å². The number of hydrogen-bond donors (Lipinski definition) is 1. The first-order valence-corrected chi connectivity index (χ1v) is 11.3. The fraction of sp³-hybridized carbons (Fsp3) is 0.583. The number of hydrogen-bond acceptors (Lipinski definition) is 5. The highest BCUT2D eigenvalue weighted by Gasteiger charge is 2.20. The van der Waals surface area contributed by atoms with E-state index in [-0.39, 0.29) is 17.1 Å². The fourth-order valence-electron chi connectivity index (χ4n) is 4.53. The lowest BCUT2D eigenvalue weighted by Gasteiger charge is -2.28. The lowest BCUT2D eigenvalue weighted by Crippen LogP contribution is -2.32. The number of nitrogens with zero attached hydrogens (tertiary/aromatic N) is 1. The molecule has 1 aliphatic carbocycles. The van der Waals surface area contributed by atoms with Crippen LogP contribution in [0.1, 0.15) is 55.5 Å². The molecule has 0 radical (unpaired) electrons. The number of nitrogens with one attached hydrogen (secondary N) is 1. The number of ether oxygens (including phenoxy) is 1. The summed E-state index contributed by atoms with van der Waals surface area (Å²) in [5.74, 6) is 1.27. The van der Waals surface area contributed by atoms with Crippen molar-refractivity contribution >= 4 is 16.9 Å². The van der Waals surface area contributed by atoms with Crippen LogP contribution in [0.3, 0.4) is 0 Å². The minimum Gasteiger partial charge on any atom is -0.489 e. The quantitative estimate of drug-likeness (QED) is 0.781. The molecule has 2 heterocycles. The fourth-order valence-corrected chi connectivity index (χ4v) is 4.53. The zero-order chi connectivity index (χ0) is 20.9. The third-order valence-corrected chi connectivity index (χ3v) is 6.53. The lowest BCUT2D eigenvalue weighted by molar-refractivity contribution is 0.0916. The number of fused-ring (bicyclic) bond motifs is 1. The van der Waals surface area contributed by atoms with Gasteiger partial charge in [-0.2, -0.15) is 0 Å². The third kappa shape index (κ3) is 5.04. The molecule has 2 fully saturated rings. The van der Waals surface area contributed by atoms with Crippen LogP contribution in [-0.2, 0) is 0 Å². The van der Waals surface area contributed by atoms with E-state index in [0.29, 0.717) is 41.7 Å². The SMILES string of the molecule is CN1CCC(COc2cccc3c(=O)cc(C(=O)NCC4CCCCC4)oc23)CC1. The van der Waals surface area contributed by atoms with Crippen molar-refractivity contribution in [1.29, 1.82) is 0 Å². The second-order valence-electron chi connectivity index (χ2n) is 8.88. The topological polar surface area (TPSA) is 71.8 Å². The molecule has 1 aromatic carbocycles. The van der Waals surface area contributed by atoms with E-state index in [0.717, 1.165) is 38.8 Å². The lowest BCUT2D eigenvalue weighted by atomic mass is 9.89. The van der Waals surface area contributed by atoms with Gasteiger partial charge in [-0.25, -0.2) is 0 Å². The maximum absolute atomic E-state index is 12.6. The minimum atomic E-state index is -0.329. The highest BCUT2D eigenvalue weighted by molar-refractivity contribution is 5.93. The van der Waals surface area contributed by atoms with Gasteiger partial charge < -0.3 is 19.4 Å². The Morgan fingerprint density at radius 2 is 1.90 bits per heavy atom. The first-order valence-electron chi connectivity index (χ1n) is 11.3. The maximum Gasteiger partial charge on any atom is 0.287 e. The number of carbonyl (C=O) groups is 1. The van der Waals surface area contributed by atoms with E-state index in [2.05, 4.69) is 17.3 Å². The van der Waals surface area contributed by atoms with Crippen molar-refractivity contribution in [1.82, 2.24) is 10.2 Å². The van der Waals surface area contributed by atoms with E-state index in [1.165, 1.54) is 25.3 Å². The molecule has 1 saturated heterocycles. The zero-order valence-corrected chi connectivity index (χ0v) is 17.8. The molecule has 1 aromatic heterocycles. The molecule has 1 amide bonds. The smallest absolute Gasteiger partial charge is 0.287 e. The van der Waals surface area contributed by atoms with Crippen LogP contribution in [0.15, 0.2) is 33.5 Å². The van der Waals surface area contributed by atoms with Crippen LogP contribution in [-0.4, -0.2) is 44.1 Å². The second-order valence-corrected chi connectivity index (χ2v) is 8.88. The summed E-state index contributed by atoms with van der Waals surface area (Å²) in [4.78, 5) is 27.6. The number of rotatable bonds is 6. The molecule has 0 unspecified atom stereocenters. The molecular weight excluding hydrogens is 380 g/mol. The molecule has 2 aromatic rings. The van der Waals surface area contributed by atoms with Gasteiger partial charge in [-0.3, -0.25) is 9.59 Å². The van der Waals surface area contributed by atoms with E-state index in [1.807, 2.05) is 6.07 Å². The first-order chi connectivity index (χ1) is 14.6. The second kappa shape index (κ2) is 9.65. The Bertz CT molecular complexity index is 924. The summed E-state index contributed by atoms with van der Waals surface area (Å²) in [5, 5.41) is 3.40. The van der Waals surface area contributed by atoms with Gasteiger partial charge in [0.1, 0.15) is 0 Å². The standard InChI is InChI=1S/C24H32N2O4/c1-26-12-10-18(11-13-26)16-29-21-9-5-8-19-20(27)14-22(30-23(19)21)24(28)25-15-17-6-3-2-4-7-17/h5,8-9,14,17-18H,2-4,6-7,10-13,15-16H2,1H3,(H,25,28). The summed E-state index contributed by atoms with van der Waals surface area (Å²) in [6, 6.07) is 6.61. The highest BCUT2D eigenvalue weighted by atomic mass is 16.5. The molecule has 6 nitrogen and oxygen atoms in total. The molecule has 0 spiro atoms. The van der Waals surface area contributed by atoms with Gasteiger partial charge in [-0.05, 0) is 69.8 Å². The predicted octanol–water partition coefficient (Wildman–Crippen LogP) is 3.82. The van der Waals surface area contributed by atoms with Gasteiger partial charge in [0.25, 0.3) is 5.91 Å². The van der Waals surface area contributed by atoms with Crippen LogP contribution in [0.25, 0.3) is 11.0 Å². The number of benzene rings is 1. The molecule has 1 N–H and O–H groups in total. The van der Waals surface area contributed by atoms with Crippen LogP contribution < -0.4 is 15.5 Å². The summed E-state index contributed by atoms with van der Waals surface area (Å²) in [7, 11) is 2.14. The van der Waals surface area contributed by atoms with Gasteiger partial charge >= 0.3 is 0 Å². The van der Waals surface area contributed by atoms with E-state index in [1.54, 1.807) is 12.1 Å². The van der Waals surface area contributed by atoms with Crippen molar-refractivity contribution in [2.75, 3.05) is 33.3 Å². The van der Waals surface area contributed by atoms with E-state index >= 15 is 0 Å². The monoisotopic (exact) mass is 412 g/mol. The Morgan fingerprint density at radius 3 is 2.67 bits per heavy atom. The third-order valence-electron chi connectivity index (χ3n) is 6.53. The van der Waals surface area contributed by atoms with Crippen molar-refractivity contribution in [3.63, 3.8) is 0 Å². The molecule has 6 heteroatoms. The molecule has 1 aliphatic heterocycles. The molecule has 1 saturated carbocycles. The van der Waals surface area contributed by atoms with Crippen molar-refractivity contribution < 1.29 is 13.9 Å². The summed E-state index contributed by atoms with van der Waals surface area (Å²) in [6.07, 6.45) is 8.23. The molecule has 162 valence electrons.